The van der Waals surface area contributed by atoms with Crippen LogP contribution in [0, 0.1) is 5.82 Å². The Morgan fingerprint density at radius 3 is 2.42 bits per heavy atom. The molecule has 1 atom stereocenters. The third-order valence-electron chi connectivity index (χ3n) is 4.95. The largest absolute Gasteiger partial charge is 0.606 e. The molecule has 5 aromatic rings. The molecule has 0 aliphatic carbocycles. The van der Waals surface area contributed by atoms with Crippen LogP contribution in [0.2, 0.25) is 0 Å². The summed E-state index contributed by atoms with van der Waals surface area (Å²) in [4.78, 5) is 12.8. The van der Waals surface area contributed by atoms with Gasteiger partial charge in [0.25, 0.3) is 0 Å². The fourth-order valence-electron chi connectivity index (χ4n) is 3.52. The van der Waals surface area contributed by atoms with Gasteiger partial charge in [-0.3, -0.25) is 0 Å². The zero-order valence-corrected chi connectivity index (χ0v) is 16.9. The first-order chi connectivity index (χ1) is 15.1. The van der Waals surface area contributed by atoms with Crippen molar-refractivity contribution in [3.05, 3.63) is 108 Å². The van der Waals surface area contributed by atoms with Gasteiger partial charge in [-0.1, -0.05) is 30.3 Å². The van der Waals surface area contributed by atoms with Crippen LogP contribution in [0.25, 0.3) is 33.2 Å². The van der Waals surface area contributed by atoms with E-state index >= 15 is 0 Å². The minimum atomic E-state index is -1.67. The van der Waals surface area contributed by atoms with E-state index in [2.05, 4.69) is 0 Å². The lowest BCUT2D eigenvalue weighted by Gasteiger charge is -2.12. The van der Waals surface area contributed by atoms with Gasteiger partial charge in [-0.05, 0) is 35.4 Å². The Morgan fingerprint density at radius 1 is 0.806 bits per heavy atom. The van der Waals surface area contributed by atoms with E-state index < -0.39 is 22.6 Å². The highest BCUT2D eigenvalue weighted by atomic mass is 32.2. The van der Waals surface area contributed by atoms with E-state index in [1.54, 1.807) is 30.3 Å². The topological polar surface area (TPSA) is 66.4 Å². The summed E-state index contributed by atoms with van der Waals surface area (Å²) in [5, 5.41) is 0.686. The maximum Gasteiger partial charge on any atom is 0.336 e. The van der Waals surface area contributed by atoms with Crippen molar-refractivity contribution in [1.82, 2.24) is 0 Å². The van der Waals surface area contributed by atoms with E-state index in [9.17, 15) is 13.7 Å². The van der Waals surface area contributed by atoms with Crippen molar-refractivity contribution < 1.29 is 17.8 Å². The number of rotatable bonds is 4. The van der Waals surface area contributed by atoms with Crippen LogP contribution in [0.1, 0.15) is 0 Å². The van der Waals surface area contributed by atoms with Crippen molar-refractivity contribution in [2.45, 2.75) is 9.79 Å². The van der Waals surface area contributed by atoms with E-state index in [0.29, 0.717) is 31.9 Å². The minimum Gasteiger partial charge on any atom is -0.606 e. The first kappa shape index (κ1) is 19.4. The smallest absolute Gasteiger partial charge is 0.336 e. The zero-order chi connectivity index (χ0) is 21.4. The summed E-state index contributed by atoms with van der Waals surface area (Å²) in [6.07, 6.45) is 3.06. The Morgan fingerprint density at radius 2 is 1.65 bits per heavy atom. The van der Waals surface area contributed by atoms with Gasteiger partial charge in [-0.15, -0.1) is 0 Å². The van der Waals surface area contributed by atoms with E-state index in [0.717, 1.165) is 11.1 Å². The Hall–Kier alpha value is -3.61. The molecule has 0 radical (unpaired) electrons. The van der Waals surface area contributed by atoms with Gasteiger partial charge in [0.2, 0.25) is 0 Å². The highest BCUT2D eigenvalue weighted by Crippen LogP contribution is 2.32. The molecule has 6 heteroatoms. The summed E-state index contributed by atoms with van der Waals surface area (Å²) >= 11 is -1.67. The van der Waals surface area contributed by atoms with Gasteiger partial charge in [-0.2, -0.15) is 0 Å². The fraction of sp³-hybridized carbons (Fsp3) is 0. The third-order valence-corrected chi connectivity index (χ3v) is 6.30. The fourth-order valence-corrected chi connectivity index (χ4v) is 4.65. The first-order valence-electron chi connectivity index (χ1n) is 9.47. The van der Waals surface area contributed by atoms with Crippen LogP contribution >= 0.6 is 0 Å². The predicted octanol–water partition coefficient (Wildman–Crippen LogP) is 6.03. The number of furan rings is 1. The lowest BCUT2D eigenvalue weighted by molar-refractivity contribution is 0.559. The van der Waals surface area contributed by atoms with Crippen LogP contribution in [-0.2, 0) is 11.2 Å². The Kier molecular flexibility index (Phi) is 4.94. The molecular formula is C25H15FO4S. The average molecular weight is 430 g/mol. The molecule has 2 heterocycles. The normalized spacial score (nSPS) is 12.2. The van der Waals surface area contributed by atoms with E-state index in [1.807, 2.05) is 30.3 Å². The highest BCUT2D eigenvalue weighted by Gasteiger charge is 2.20. The molecule has 0 fully saturated rings. The van der Waals surface area contributed by atoms with Gasteiger partial charge in [0, 0.05) is 52.0 Å². The molecule has 0 saturated carbocycles. The molecule has 0 amide bonds. The van der Waals surface area contributed by atoms with Gasteiger partial charge in [-0.25, -0.2) is 9.18 Å². The number of hydrogen-bond acceptors (Lipinski definition) is 4. The van der Waals surface area contributed by atoms with Gasteiger partial charge in [0.1, 0.15) is 11.4 Å². The summed E-state index contributed by atoms with van der Waals surface area (Å²) in [6, 6.07) is 21.8. The second kappa shape index (κ2) is 7.91. The van der Waals surface area contributed by atoms with E-state index in [4.69, 9.17) is 8.83 Å². The first-order valence-corrected chi connectivity index (χ1v) is 10.6. The SMILES string of the molecule is O=c1cc(-c2ccoc2)c2ccc([S+]([O-])c3cc(F)cc(-c4ccccc4)c3)cc2o1. The molecule has 2 aromatic heterocycles. The van der Waals surface area contributed by atoms with Crippen molar-refractivity contribution in [3.8, 4) is 22.3 Å². The Bertz CT molecular complexity index is 1430. The Balaban J connectivity index is 1.59. The second-order valence-electron chi connectivity index (χ2n) is 6.96. The second-order valence-corrected chi connectivity index (χ2v) is 8.44. The zero-order valence-electron chi connectivity index (χ0n) is 16.1. The number of hydrogen-bond donors (Lipinski definition) is 0. The van der Waals surface area contributed by atoms with Gasteiger partial charge in [0.05, 0.1) is 12.5 Å². The lowest BCUT2D eigenvalue weighted by atomic mass is 10.1. The summed E-state index contributed by atoms with van der Waals surface area (Å²) in [7, 11) is 0. The molecule has 0 spiro atoms. The van der Waals surface area contributed by atoms with E-state index in [-0.39, 0.29) is 0 Å². The van der Waals surface area contributed by atoms with Crippen molar-refractivity contribution in [3.63, 3.8) is 0 Å². The number of benzene rings is 3. The van der Waals surface area contributed by atoms with Crippen molar-refractivity contribution in [1.29, 1.82) is 0 Å². The standard InChI is InChI=1S/C25H15FO4S/c26-19-10-18(16-4-2-1-3-5-16)11-21(12-19)31(28)20-6-7-22-23(17-8-9-29-15-17)14-25(27)30-24(22)13-20/h1-15H. The van der Waals surface area contributed by atoms with Crippen LogP contribution in [-0.4, -0.2) is 4.55 Å². The molecule has 0 aliphatic heterocycles. The molecule has 152 valence electrons. The van der Waals surface area contributed by atoms with Crippen LogP contribution in [0.4, 0.5) is 4.39 Å². The minimum absolute atomic E-state index is 0.300. The van der Waals surface area contributed by atoms with Gasteiger partial charge < -0.3 is 13.4 Å². The van der Waals surface area contributed by atoms with Crippen LogP contribution in [0.5, 0.6) is 0 Å². The molecule has 5 rings (SSSR count). The maximum atomic E-state index is 14.3. The third kappa shape index (κ3) is 3.79. The monoisotopic (exact) mass is 430 g/mol. The quantitative estimate of drug-likeness (QED) is 0.258. The van der Waals surface area contributed by atoms with Crippen molar-refractivity contribution in [2.24, 2.45) is 0 Å². The maximum absolute atomic E-state index is 14.3. The highest BCUT2D eigenvalue weighted by molar-refractivity contribution is 7.91. The summed E-state index contributed by atoms with van der Waals surface area (Å²) in [5.74, 6) is -0.473. The summed E-state index contributed by atoms with van der Waals surface area (Å²) in [6.45, 7) is 0. The predicted molar refractivity (Wildman–Crippen MR) is 117 cm³/mol. The lowest BCUT2D eigenvalue weighted by Crippen LogP contribution is -2.04. The molecular weight excluding hydrogens is 415 g/mol. The molecule has 0 saturated heterocycles. The van der Waals surface area contributed by atoms with Crippen LogP contribution in [0.15, 0.2) is 115 Å². The molecule has 0 N–H and O–H groups in total. The van der Waals surface area contributed by atoms with Gasteiger partial charge in [0.15, 0.2) is 9.79 Å². The molecule has 1 unspecified atom stereocenters. The van der Waals surface area contributed by atoms with Crippen LogP contribution < -0.4 is 5.63 Å². The number of fused-ring (bicyclic) bond motifs is 1. The van der Waals surface area contributed by atoms with Gasteiger partial charge >= 0.3 is 5.63 Å². The Labute approximate surface area is 179 Å². The molecule has 0 bridgehead atoms. The number of halogens is 1. The summed E-state index contributed by atoms with van der Waals surface area (Å²) in [5.41, 5.74) is 2.64. The molecule has 0 aliphatic rings. The molecule has 31 heavy (non-hydrogen) atoms. The van der Waals surface area contributed by atoms with Crippen LogP contribution in [0.3, 0.4) is 0 Å². The molecule has 4 nitrogen and oxygen atoms in total. The van der Waals surface area contributed by atoms with E-state index in [1.165, 1.54) is 30.7 Å². The average Bonchev–Trinajstić information content (AvgIpc) is 3.32. The van der Waals surface area contributed by atoms with Crippen molar-refractivity contribution in [2.75, 3.05) is 0 Å². The molecule has 3 aromatic carbocycles. The van der Waals surface area contributed by atoms with Crippen molar-refractivity contribution >= 4 is 22.1 Å². The summed E-state index contributed by atoms with van der Waals surface area (Å²) < 4.78 is 38.0.